The minimum Gasteiger partial charge on any atom is -0.497 e. The van der Waals surface area contributed by atoms with Crippen LogP contribution in [0.3, 0.4) is 0 Å². The number of halogens is 6. The summed E-state index contributed by atoms with van der Waals surface area (Å²) >= 11 is 1.71. The van der Waals surface area contributed by atoms with Crippen molar-refractivity contribution in [2.24, 2.45) is 0 Å². The topological polar surface area (TPSA) is 29.5 Å². The molecule has 2 nitrogen and oxygen atoms in total. The number of hydrogen-bond acceptors (Lipinski definition) is 4. The van der Waals surface area contributed by atoms with Gasteiger partial charge in [-0.3, -0.25) is 0 Å². The third-order valence-electron chi connectivity index (χ3n) is 4.66. The Kier molecular flexibility index (Phi) is 6.37. The maximum Gasteiger partial charge on any atom is 0.431 e. The van der Waals surface area contributed by atoms with E-state index in [0.29, 0.717) is 16.9 Å². The molecule has 0 bridgehead atoms. The van der Waals surface area contributed by atoms with Gasteiger partial charge in [0.25, 0.3) is 5.60 Å². The molecule has 0 saturated carbocycles. The molecule has 0 unspecified atom stereocenters. The van der Waals surface area contributed by atoms with Crippen molar-refractivity contribution in [3.63, 3.8) is 0 Å². The van der Waals surface area contributed by atoms with Crippen LogP contribution in [-0.2, 0) is 5.60 Å². The van der Waals surface area contributed by atoms with E-state index < -0.39 is 22.8 Å². The first-order chi connectivity index (χ1) is 14.4. The third-order valence-corrected chi connectivity index (χ3v) is 6.70. The van der Waals surface area contributed by atoms with Gasteiger partial charge in [0.15, 0.2) is 0 Å². The van der Waals surface area contributed by atoms with Crippen LogP contribution >= 0.6 is 23.1 Å². The summed E-state index contributed by atoms with van der Waals surface area (Å²) in [7, 11) is 1.43. The Morgan fingerprint density at radius 3 is 1.81 bits per heavy atom. The quantitative estimate of drug-likeness (QED) is 0.313. The number of thiophene rings is 1. The molecule has 0 aliphatic heterocycles. The zero-order valence-electron chi connectivity index (χ0n) is 16.1. The molecule has 1 aromatic heterocycles. The maximum absolute atomic E-state index is 13.4. The SMILES string of the molecule is COc1ccc(-c2cc(C(O)(C(F)(F)F)C(F)(F)F)sc2-c2ccc(SC)cc2)cc1. The van der Waals surface area contributed by atoms with Crippen LogP contribution in [0.5, 0.6) is 5.75 Å². The van der Waals surface area contributed by atoms with Gasteiger partial charge < -0.3 is 9.84 Å². The standard InChI is InChI=1S/C21H16F6O2S2/c1-29-14-7-3-12(4-8-14)16-11-17(19(28,20(22,23)24)21(25,26)27)31-18(16)13-5-9-15(30-2)10-6-13/h3-11,28H,1-2H3. The van der Waals surface area contributed by atoms with E-state index in [1.165, 1.54) is 31.0 Å². The van der Waals surface area contributed by atoms with Gasteiger partial charge in [-0.25, -0.2) is 0 Å². The summed E-state index contributed by atoms with van der Waals surface area (Å²) in [5.41, 5.74) is -4.01. The Labute approximate surface area is 182 Å². The van der Waals surface area contributed by atoms with Gasteiger partial charge in [0.05, 0.1) is 12.0 Å². The van der Waals surface area contributed by atoms with Crippen LogP contribution in [0.1, 0.15) is 4.88 Å². The van der Waals surface area contributed by atoms with Crippen molar-refractivity contribution in [1.82, 2.24) is 0 Å². The van der Waals surface area contributed by atoms with Gasteiger partial charge in [-0.2, -0.15) is 26.3 Å². The Morgan fingerprint density at radius 2 is 1.35 bits per heavy atom. The third kappa shape index (κ3) is 4.28. The van der Waals surface area contributed by atoms with Crippen LogP contribution in [0, 0.1) is 0 Å². The molecule has 166 valence electrons. The second-order valence-corrected chi connectivity index (χ2v) is 8.45. The fourth-order valence-corrected chi connectivity index (χ4v) is 4.68. The highest BCUT2D eigenvalue weighted by atomic mass is 32.2. The lowest BCUT2D eigenvalue weighted by molar-refractivity contribution is -0.374. The molecule has 31 heavy (non-hydrogen) atoms. The number of rotatable bonds is 5. The van der Waals surface area contributed by atoms with Crippen molar-refractivity contribution in [2.75, 3.05) is 13.4 Å². The molecule has 3 aromatic rings. The van der Waals surface area contributed by atoms with Gasteiger partial charge >= 0.3 is 12.4 Å². The predicted octanol–water partition coefficient (Wildman–Crippen LogP) is 7.12. The van der Waals surface area contributed by atoms with Crippen molar-refractivity contribution >= 4 is 23.1 Å². The Balaban J connectivity index is 2.26. The van der Waals surface area contributed by atoms with E-state index in [9.17, 15) is 31.4 Å². The highest BCUT2D eigenvalue weighted by Crippen LogP contribution is 2.54. The lowest BCUT2D eigenvalue weighted by Gasteiger charge is -2.31. The molecule has 0 aliphatic carbocycles. The second kappa shape index (κ2) is 8.40. The largest absolute Gasteiger partial charge is 0.497 e. The molecule has 0 radical (unpaired) electrons. The maximum atomic E-state index is 13.4. The van der Waals surface area contributed by atoms with Gasteiger partial charge in [0.1, 0.15) is 5.75 Å². The first kappa shape index (κ1) is 23.5. The van der Waals surface area contributed by atoms with Gasteiger partial charge in [0.2, 0.25) is 0 Å². The average molecular weight is 478 g/mol. The van der Waals surface area contributed by atoms with Crippen molar-refractivity contribution < 1.29 is 36.2 Å². The number of benzene rings is 2. The number of hydrogen-bond donors (Lipinski definition) is 1. The van der Waals surface area contributed by atoms with Crippen molar-refractivity contribution in [1.29, 1.82) is 0 Å². The van der Waals surface area contributed by atoms with Crippen LogP contribution in [0.25, 0.3) is 21.6 Å². The van der Waals surface area contributed by atoms with Gasteiger partial charge in [-0.1, -0.05) is 24.3 Å². The normalized spacial score (nSPS) is 12.8. The molecule has 0 saturated heterocycles. The van der Waals surface area contributed by atoms with Crippen LogP contribution in [0.2, 0.25) is 0 Å². The number of thioether (sulfide) groups is 1. The Morgan fingerprint density at radius 1 is 0.839 bits per heavy atom. The number of methoxy groups -OCH3 is 1. The van der Waals surface area contributed by atoms with E-state index in [1.807, 2.05) is 6.26 Å². The number of alkyl halides is 6. The van der Waals surface area contributed by atoms with Crippen molar-refractivity contribution in [3.05, 3.63) is 59.5 Å². The monoisotopic (exact) mass is 478 g/mol. The zero-order chi connectivity index (χ0) is 23.0. The molecule has 1 N–H and O–H groups in total. The Hall–Kier alpha value is -2.17. The summed E-state index contributed by atoms with van der Waals surface area (Å²) in [5.74, 6) is 0.479. The fourth-order valence-electron chi connectivity index (χ4n) is 2.95. The molecule has 0 amide bonds. The van der Waals surface area contributed by atoms with Crippen molar-refractivity contribution in [3.8, 4) is 27.3 Å². The smallest absolute Gasteiger partial charge is 0.431 e. The summed E-state index contributed by atoms with van der Waals surface area (Å²) in [6.45, 7) is 0. The molecule has 0 fully saturated rings. The van der Waals surface area contributed by atoms with E-state index in [1.54, 1.807) is 36.4 Å². The lowest BCUT2D eigenvalue weighted by Crippen LogP contribution is -2.53. The van der Waals surface area contributed by atoms with Gasteiger partial charge in [-0.15, -0.1) is 23.1 Å². The predicted molar refractivity (Wildman–Crippen MR) is 110 cm³/mol. The molecule has 10 heteroatoms. The molecule has 0 aliphatic rings. The molecule has 3 rings (SSSR count). The molecule has 0 atom stereocenters. The molecular weight excluding hydrogens is 462 g/mol. The lowest BCUT2D eigenvalue weighted by atomic mass is 9.96. The van der Waals surface area contributed by atoms with E-state index in [0.717, 1.165) is 11.0 Å². The van der Waals surface area contributed by atoms with Crippen LogP contribution < -0.4 is 4.74 Å². The summed E-state index contributed by atoms with van der Waals surface area (Å²) < 4.78 is 85.7. The first-order valence-corrected chi connectivity index (χ1v) is 10.8. The van der Waals surface area contributed by atoms with Gasteiger partial charge in [-0.05, 0) is 47.7 Å². The molecule has 0 spiro atoms. The summed E-state index contributed by atoms with van der Waals surface area (Å²) in [5, 5.41) is 9.89. The minimum atomic E-state index is -5.95. The second-order valence-electron chi connectivity index (χ2n) is 6.52. The molecule has 2 aromatic carbocycles. The molecule has 1 heterocycles. The van der Waals surface area contributed by atoms with Gasteiger partial charge in [0, 0.05) is 15.3 Å². The summed E-state index contributed by atoms with van der Waals surface area (Å²) in [4.78, 5) is -0.185. The van der Waals surface area contributed by atoms with E-state index in [-0.39, 0.29) is 21.8 Å². The van der Waals surface area contributed by atoms with Crippen LogP contribution in [-0.4, -0.2) is 30.8 Å². The summed E-state index contributed by atoms with van der Waals surface area (Å²) in [6, 6.07) is 13.6. The van der Waals surface area contributed by atoms with E-state index >= 15 is 0 Å². The number of aliphatic hydroxyl groups is 1. The summed E-state index contributed by atoms with van der Waals surface area (Å²) in [6.07, 6.45) is -10.1. The highest BCUT2D eigenvalue weighted by Gasteiger charge is 2.72. The van der Waals surface area contributed by atoms with E-state index in [4.69, 9.17) is 4.74 Å². The Bertz CT molecular complexity index is 959. The molecular formula is C21H16F6O2S2. The average Bonchev–Trinajstić information content (AvgIpc) is 3.17. The van der Waals surface area contributed by atoms with Crippen LogP contribution in [0.15, 0.2) is 59.5 Å². The minimum absolute atomic E-state index is 0.145. The fraction of sp³-hybridized carbons (Fsp3) is 0.238. The number of ether oxygens (including phenoxy) is 1. The van der Waals surface area contributed by atoms with Crippen molar-refractivity contribution in [2.45, 2.75) is 22.8 Å². The zero-order valence-corrected chi connectivity index (χ0v) is 17.8. The van der Waals surface area contributed by atoms with Crippen LogP contribution in [0.4, 0.5) is 26.3 Å². The van der Waals surface area contributed by atoms with E-state index in [2.05, 4.69) is 0 Å². The highest BCUT2D eigenvalue weighted by molar-refractivity contribution is 7.98. The first-order valence-electron chi connectivity index (χ1n) is 8.71.